The molecule has 2 aromatic heterocycles. The zero-order chi connectivity index (χ0) is 22.4. The third-order valence-corrected chi connectivity index (χ3v) is 7.27. The van der Waals surface area contributed by atoms with E-state index < -0.39 is 0 Å². The standard InChI is InChI=1S/C26H21N5OS/c1-2-22(33-26-28-24-23(29-30-26)18-11-5-6-12-19(18)27-24)25(32)31-20-13-7-3-9-16(20)15-17-10-4-8-14-21(17)31/h3-14,22H,2,15H2,1H3,(H,27,28,30). The van der Waals surface area contributed by atoms with Crippen LogP contribution in [0, 0.1) is 0 Å². The van der Waals surface area contributed by atoms with E-state index in [1.54, 1.807) is 0 Å². The van der Waals surface area contributed by atoms with Crippen LogP contribution >= 0.6 is 11.8 Å². The molecule has 3 aromatic carbocycles. The summed E-state index contributed by atoms with van der Waals surface area (Å²) in [5.41, 5.74) is 6.61. The topological polar surface area (TPSA) is 74.8 Å². The van der Waals surface area contributed by atoms with Gasteiger partial charge in [-0.15, -0.1) is 10.2 Å². The molecule has 5 aromatic rings. The molecule has 1 aliphatic heterocycles. The maximum atomic E-state index is 13.9. The monoisotopic (exact) mass is 451 g/mol. The predicted octanol–water partition coefficient (Wildman–Crippen LogP) is 5.65. The van der Waals surface area contributed by atoms with Gasteiger partial charge in [-0.1, -0.05) is 73.3 Å². The average Bonchev–Trinajstić information content (AvgIpc) is 3.23. The van der Waals surface area contributed by atoms with Gasteiger partial charge in [0.15, 0.2) is 5.65 Å². The fourth-order valence-corrected chi connectivity index (χ4v) is 5.32. The van der Waals surface area contributed by atoms with E-state index in [4.69, 9.17) is 0 Å². The summed E-state index contributed by atoms with van der Waals surface area (Å²) < 4.78 is 0. The van der Waals surface area contributed by atoms with Gasteiger partial charge in [-0.2, -0.15) is 0 Å². The van der Waals surface area contributed by atoms with Crippen molar-refractivity contribution >= 4 is 51.1 Å². The highest BCUT2D eigenvalue weighted by Gasteiger charge is 2.32. The lowest BCUT2D eigenvalue weighted by Gasteiger charge is -2.33. The molecule has 0 aliphatic carbocycles. The number of nitrogens with zero attached hydrogens (tertiary/aromatic N) is 4. The zero-order valence-electron chi connectivity index (χ0n) is 18.0. The number of carbonyl (C=O) groups excluding carboxylic acids is 1. The summed E-state index contributed by atoms with van der Waals surface area (Å²) in [6.45, 7) is 2.02. The number of hydrogen-bond acceptors (Lipinski definition) is 5. The van der Waals surface area contributed by atoms with Crippen LogP contribution in [-0.2, 0) is 11.2 Å². The zero-order valence-corrected chi connectivity index (χ0v) is 18.8. The van der Waals surface area contributed by atoms with Gasteiger partial charge in [0.2, 0.25) is 11.1 Å². The van der Waals surface area contributed by atoms with Gasteiger partial charge in [-0.3, -0.25) is 9.69 Å². The summed E-state index contributed by atoms with van der Waals surface area (Å²) in [5.74, 6) is 0.0300. The van der Waals surface area contributed by atoms with E-state index in [0.717, 1.165) is 45.3 Å². The largest absolute Gasteiger partial charge is 0.338 e. The first kappa shape index (κ1) is 19.9. The number of anilines is 2. The number of nitrogens with one attached hydrogen (secondary N) is 1. The maximum absolute atomic E-state index is 13.9. The van der Waals surface area contributed by atoms with E-state index in [1.807, 2.05) is 72.5 Å². The second kappa shape index (κ2) is 8.01. The highest BCUT2D eigenvalue weighted by molar-refractivity contribution is 8.00. The summed E-state index contributed by atoms with van der Waals surface area (Å²) in [4.78, 5) is 23.7. The molecule has 1 aliphatic rings. The van der Waals surface area contributed by atoms with Crippen LogP contribution in [0.1, 0.15) is 24.5 Å². The van der Waals surface area contributed by atoms with E-state index in [1.165, 1.54) is 11.8 Å². The Kier molecular flexibility index (Phi) is 4.84. The number of fused-ring (bicyclic) bond motifs is 5. The summed E-state index contributed by atoms with van der Waals surface area (Å²) in [5, 5.41) is 9.90. The minimum absolute atomic E-state index is 0.0300. The molecular weight excluding hydrogens is 430 g/mol. The molecule has 1 amide bonds. The number of benzene rings is 3. The minimum atomic E-state index is -0.340. The van der Waals surface area contributed by atoms with E-state index in [9.17, 15) is 4.79 Å². The molecule has 0 bridgehead atoms. The molecule has 3 heterocycles. The second-order valence-electron chi connectivity index (χ2n) is 8.08. The van der Waals surface area contributed by atoms with Gasteiger partial charge >= 0.3 is 0 Å². The van der Waals surface area contributed by atoms with Gasteiger partial charge in [0.1, 0.15) is 5.52 Å². The first-order chi connectivity index (χ1) is 16.2. The smallest absolute Gasteiger partial charge is 0.245 e. The summed E-state index contributed by atoms with van der Waals surface area (Å²) in [6.07, 6.45) is 1.47. The third-order valence-electron chi connectivity index (χ3n) is 6.06. The number of amides is 1. The lowest BCUT2D eigenvalue weighted by Crippen LogP contribution is -2.36. The molecule has 6 rings (SSSR count). The van der Waals surface area contributed by atoms with Crippen molar-refractivity contribution < 1.29 is 4.79 Å². The summed E-state index contributed by atoms with van der Waals surface area (Å²) >= 11 is 1.37. The van der Waals surface area contributed by atoms with Crippen molar-refractivity contribution in [3.63, 3.8) is 0 Å². The lowest BCUT2D eigenvalue weighted by molar-refractivity contribution is -0.117. The first-order valence-corrected chi connectivity index (χ1v) is 11.9. The normalized spacial score (nSPS) is 13.7. The van der Waals surface area contributed by atoms with Crippen molar-refractivity contribution in [2.24, 2.45) is 0 Å². The summed E-state index contributed by atoms with van der Waals surface area (Å²) in [6, 6.07) is 24.2. The molecule has 6 nitrogen and oxygen atoms in total. The SMILES string of the molecule is CCC(Sc1nnc2c(n1)[nH]c1ccccc12)C(=O)N1c2ccccc2Cc2ccccc21. The Morgan fingerprint density at radius 2 is 1.64 bits per heavy atom. The highest BCUT2D eigenvalue weighted by Crippen LogP contribution is 2.40. The van der Waals surface area contributed by atoms with Crippen molar-refractivity contribution in [1.29, 1.82) is 0 Å². The molecule has 0 saturated heterocycles. The number of thioether (sulfide) groups is 1. The molecule has 0 saturated carbocycles. The molecule has 162 valence electrons. The van der Waals surface area contributed by atoms with Crippen molar-refractivity contribution in [2.45, 2.75) is 30.2 Å². The molecule has 7 heteroatoms. The van der Waals surface area contributed by atoms with Crippen LogP contribution in [-0.4, -0.2) is 31.3 Å². The lowest BCUT2D eigenvalue weighted by atomic mass is 9.95. The van der Waals surface area contributed by atoms with E-state index in [0.29, 0.717) is 17.2 Å². The number of rotatable bonds is 4. The Balaban J connectivity index is 1.36. The van der Waals surface area contributed by atoms with Crippen molar-refractivity contribution in [3.05, 3.63) is 83.9 Å². The van der Waals surface area contributed by atoms with Crippen LogP contribution in [0.15, 0.2) is 78.0 Å². The van der Waals surface area contributed by atoms with Crippen LogP contribution in [0.4, 0.5) is 11.4 Å². The molecule has 0 spiro atoms. The molecule has 1 unspecified atom stereocenters. The van der Waals surface area contributed by atoms with Gasteiger partial charge in [0, 0.05) is 17.3 Å². The summed E-state index contributed by atoms with van der Waals surface area (Å²) in [7, 11) is 0. The number of aromatic nitrogens is 4. The number of aromatic amines is 1. The second-order valence-corrected chi connectivity index (χ2v) is 9.25. The Hall–Kier alpha value is -3.71. The Bertz CT molecular complexity index is 1470. The quantitative estimate of drug-likeness (QED) is 0.358. The number of H-pyrrole nitrogens is 1. The van der Waals surface area contributed by atoms with Crippen molar-refractivity contribution in [1.82, 2.24) is 20.2 Å². The van der Waals surface area contributed by atoms with E-state index in [-0.39, 0.29) is 11.2 Å². The van der Waals surface area contributed by atoms with Crippen LogP contribution in [0.25, 0.3) is 22.1 Å². The first-order valence-electron chi connectivity index (χ1n) is 11.0. The van der Waals surface area contributed by atoms with Gasteiger partial charge in [0.25, 0.3) is 0 Å². The predicted molar refractivity (Wildman–Crippen MR) is 132 cm³/mol. The molecule has 0 radical (unpaired) electrons. The van der Waals surface area contributed by atoms with Crippen molar-refractivity contribution in [3.8, 4) is 0 Å². The van der Waals surface area contributed by atoms with E-state index >= 15 is 0 Å². The molecule has 1 N–H and O–H groups in total. The number of hydrogen-bond donors (Lipinski definition) is 1. The third kappa shape index (κ3) is 3.36. The van der Waals surface area contributed by atoms with Crippen molar-refractivity contribution in [2.75, 3.05) is 4.90 Å². The number of carbonyl (C=O) groups is 1. The molecule has 0 fully saturated rings. The van der Waals surface area contributed by atoms with Crippen LogP contribution in [0.3, 0.4) is 0 Å². The Morgan fingerprint density at radius 3 is 2.36 bits per heavy atom. The Labute approximate surface area is 195 Å². The average molecular weight is 452 g/mol. The van der Waals surface area contributed by atoms with Crippen LogP contribution in [0.5, 0.6) is 0 Å². The maximum Gasteiger partial charge on any atom is 0.245 e. The van der Waals surface area contributed by atoms with Crippen LogP contribution < -0.4 is 4.90 Å². The molecule has 33 heavy (non-hydrogen) atoms. The molecular formula is C26H21N5OS. The highest BCUT2D eigenvalue weighted by atomic mass is 32.2. The fraction of sp³-hybridized carbons (Fsp3) is 0.154. The van der Waals surface area contributed by atoms with Gasteiger partial charge < -0.3 is 4.98 Å². The number of para-hydroxylation sites is 3. The van der Waals surface area contributed by atoms with E-state index in [2.05, 4.69) is 32.3 Å². The fourth-order valence-electron chi connectivity index (χ4n) is 4.46. The Morgan fingerprint density at radius 1 is 0.970 bits per heavy atom. The van der Waals surface area contributed by atoms with Gasteiger partial charge in [-0.05, 0) is 35.7 Å². The van der Waals surface area contributed by atoms with Gasteiger partial charge in [-0.25, -0.2) is 4.98 Å². The minimum Gasteiger partial charge on any atom is -0.338 e. The van der Waals surface area contributed by atoms with Gasteiger partial charge in [0.05, 0.1) is 16.6 Å². The van der Waals surface area contributed by atoms with Crippen LogP contribution in [0.2, 0.25) is 0 Å². The molecule has 1 atom stereocenters.